The van der Waals surface area contributed by atoms with Gasteiger partial charge in [0, 0.05) is 17.8 Å². The van der Waals surface area contributed by atoms with E-state index in [0.29, 0.717) is 18.4 Å². The van der Waals surface area contributed by atoms with Crippen LogP contribution < -0.4 is 0 Å². The van der Waals surface area contributed by atoms with Crippen molar-refractivity contribution < 1.29 is 34.7 Å². The lowest BCUT2D eigenvalue weighted by Crippen LogP contribution is -2.69. The molecule has 7 heteroatoms. The maximum absolute atomic E-state index is 12.3. The zero-order valence-electron chi connectivity index (χ0n) is 15.9. The third kappa shape index (κ3) is 1.56. The van der Waals surface area contributed by atoms with Gasteiger partial charge in [-0.3, -0.25) is 4.79 Å². The highest BCUT2D eigenvalue weighted by molar-refractivity contribution is 5.75. The van der Waals surface area contributed by atoms with E-state index in [0.717, 1.165) is 0 Å². The van der Waals surface area contributed by atoms with Crippen LogP contribution in [-0.2, 0) is 14.3 Å². The van der Waals surface area contributed by atoms with Crippen LogP contribution in [0.15, 0.2) is 12.2 Å². The molecule has 0 aromatic carbocycles. The van der Waals surface area contributed by atoms with Crippen LogP contribution in [0, 0.1) is 23.2 Å². The van der Waals surface area contributed by atoms with Gasteiger partial charge in [0.05, 0.1) is 41.3 Å². The van der Waals surface area contributed by atoms with E-state index in [1.807, 2.05) is 6.92 Å². The van der Waals surface area contributed by atoms with Gasteiger partial charge in [0.1, 0.15) is 6.10 Å². The number of ether oxygens (including phenoxy) is 2. The van der Waals surface area contributed by atoms with E-state index in [-0.39, 0.29) is 18.3 Å². The molecule has 0 amide bonds. The van der Waals surface area contributed by atoms with E-state index < -0.39 is 58.5 Å². The third-order valence-corrected chi connectivity index (χ3v) is 8.87. The molecule has 5 aliphatic rings. The molecule has 3 aliphatic heterocycles. The maximum Gasteiger partial charge on any atom is 0.307 e. The molecule has 11 atom stereocenters. The van der Waals surface area contributed by atoms with E-state index in [9.17, 15) is 25.2 Å². The average Bonchev–Trinajstić information content (AvgIpc) is 3.07. The van der Waals surface area contributed by atoms with Crippen LogP contribution in [0.2, 0.25) is 0 Å². The second-order valence-corrected chi connectivity index (χ2v) is 9.78. The van der Waals surface area contributed by atoms with Crippen molar-refractivity contribution in [1.29, 1.82) is 0 Å². The molecule has 5 fully saturated rings. The van der Waals surface area contributed by atoms with Gasteiger partial charge in [0.15, 0.2) is 5.60 Å². The quantitative estimate of drug-likeness (QED) is 0.371. The predicted octanol–water partition coefficient (Wildman–Crippen LogP) is -0.105. The van der Waals surface area contributed by atoms with Gasteiger partial charge in [-0.1, -0.05) is 6.58 Å². The molecule has 0 unspecified atom stereocenters. The highest BCUT2D eigenvalue weighted by Crippen LogP contribution is 2.72. The number of hydrogen-bond acceptors (Lipinski definition) is 7. The number of rotatable bonds is 1. The molecular formula is C20H28O7. The number of aliphatic hydroxyl groups is 4. The van der Waals surface area contributed by atoms with Gasteiger partial charge in [0.25, 0.3) is 0 Å². The minimum absolute atomic E-state index is 0.144. The Morgan fingerprint density at radius 1 is 1.15 bits per heavy atom. The van der Waals surface area contributed by atoms with Crippen molar-refractivity contribution >= 4 is 5.97 Å². The van der Waals surface area contributed by atoms with E-state index in [4.69, 9.17) is 9.47 Å². The molecule has 150 valence electrons. The number of esters is 1. The second kappa shape index (κ2) is 4.76. The largest absolute Gasteiger partial charge is 0.451 e. The maximum atomic E-state index is 12.3. The van der Waals surface area contributed by atoms with Gasteiger partial charge < -0.3 is 29.9 Å². The van der Waals surface area contributed by atoms with E-state index in [2.05, 4.69) is 6.58 Å². The molecule has 4 N–H and O–H groups in total. The Morgan fingerprint density at radius 2 is 1.81 bits per heavy atom. The molecule has 3 saturated heterocycles. The van der Waals surface area contributed by atoms with Crippen molar-refractivity contribution in [1.82, 2.24) is 0 Å². The summed E-state index contributed by atoms with van der Waals surface area (Å²) < 4.78 is 12.1. The summed E-state index contributed by atoms with van der Waals surface area (Å²) in [6.07, 6.45) is -3.39. The van der Waals surface area contributed by atoms with E-state index >= 15 is 0 Å². The van der Waals surface area contributed by atoms with Crippen LogP contribution in [-0.4, -0.2) is 67.6 Å². The summed E-state index contributed by atoms with van der Waals surface area (Å²) in [7, 11) is 0. The Kier molecular flexibility index (Phi) is 3.19. The number of aliphatic hydroxyl groups excluding tert-OH is 3. The monoisotopic (exact) mass is 380 g/mol. The van der Waals surface area contributed by atoms with Gasteiger partial charge in [-0.05, 0) is 39.2 Å². The van der Waals surface area contributed by atoms with E-state index in [1.165, 1.54) is 6.92 Å². The third-order valence-electron chi connectivity index (χ3n) is 8.87. The summed E-state index contributed by atoms with van der Waals surface area (Å²) in [5.41, 5.74) is -4.32. The molecule has 3 heterocycles. The van der Waals surface area contributed by atoms with Gasteiger partial charge in [-0.15, -0.1) is 0 Å². The predicted molar refractivity (Wildman–Crippen MR) is 92.3 cm³/mol. The van der Waals surface area contributed by atoms with Gasteiger partial charge in [-0.2, -0.15) is 0 Å². The Morgan fingerprint density at radius 3 is 2.44 bits per heavy atom. The minimum atomic E-state index is -1.51. The Labute approximate surface area is 158 Å². The average molecular weight is 380 g/mol. The summed E-state index contributed by atoms with van der Waals surface area (Å²) in [4.78, 5) is 12.3. The highest BCUT2D eigenvalue weighted by atomic mass is 16.6. The van der Waals surface area contributed by atoms with Crippen LogP contribution in [0.4, 0.5) is 0 Å². The first-order valence-electron chi connectivity index (χ1n) is 9.79. The molecule has 0 aromatic heterocycles. The topological polar surface area (TPSA) is 116 Å². The van der Waals surface area contributed by atoms with Gasteiger partial charge in [0.2, 0.25) is 0 Å². The molecule has 7 nitrogen and oxygen atoms in total. The van der Waals surface area contributed by atoms with Crippen LogP contribution in [0.5, 0.6) is 0 Å². The lowest BCUT2D eigenvalue weighted by molar-refractivity contribution is -0.294. The second-order valence-electron chi connectivity index (χ2n) is 9.78. The van der Waals surface area contributed by atoms with Crippen LogP contribution in [0.3, 0.4) is 0 Å². The molecule has 2 saturated carbocycles. The van der Waals surface area contributed by atoms with Gasteiger partial charge >= 0.3 is 5.97 Å². The van der Waals surface area contributed by atoms with E-state index in [1.54, 1.807) is 6.92 Å². The summed E-state index contributed by atoms with van der Waals surface area (Å²) >= 11 is 0. The van der Waals surface area contributed by atoms with Crippen molar-refractivity contribution in [2.24, 2.45) is 23.2 Å². The molecule has 5 rings (SSSR count). The van der Waals surface area contributed by atoms with Crippen molar-refractivity contribution in [2.75, 3.05) is 0 Å². The first kappa shape index (κ1) is 18.1. The van der Waals surface area contributed by atoms with Crippen molar-refractivity contribution in [3.8, 4) is 0 Å². The molecule has 0 aromatic rings. The molecule has 4 bridgehead atoms. The first-order valence-corrected chi connectivity index (χ1v) is 9.79. The first-order chi connectivity index (χ1) is 12.5. The van der Waals surface area contributed by atoms with Crippen molar-refractivity contribution in [3.63, 3.8) is 0 Å². The number of carbonyl (C=O) groups excluding carboxylic acids is 1. The normalized spacial score (nSPS) is 63.5. The Bertz CT molecular complexity index is 749. The fourth-order valence-electron chi connectivity index (χ4n) is 7.77. The smallest absolute Gasteiger partial charge is 0.307 e. The minimum Gasteiger partial charge on any atom is -0.451 e. The molecule has 27 heavy (non-hydrogen) atoms. The molecular weight excluding hydrogens is 352 g/mol. The van der Waals surface area contributed by atoms with Crippen LogP contribution >= 0.6 is 0 Å². The summed E-state index contributed by atoms with van der Waals surface area (Å²) in [5, 5.41) is 44.9. The fraction of sp³-hybridized carbons (Fsp3) is 0.850. The van der Waals surface area contributed by atoms with Gasteiger partial charge in [-0.25, -0.2) is 0 Å². The highest BCUT2D eigenvalue weighted by Gasteiger charge is 2.85. The lowest BCUT2D eigenvalue weighted by atomic mass is 9.55. The summed E-state index contributed by atoms with van der Waals surface area (Å²) in [5.74, 6) is -1.66. The SMILES string of the molecule is C=C(C)[C@]12OC(=O)C[C@H]1[C@]1(C)O[C@H]2[C@@H](O)[C@@]23[C@H](O)[C@@H](CC[C@@H]12)[C@](C)(O)[C@@H]3O. The van der Waals surface area contributed by atoms with Crippen LogP contribution in [0.25, 0.3) is 0 Å². The summed E-state index contributed by atoms with van der Waals surface area (Å²) in [6, 6.07) is 0. The Balaban J connectivity index is 1.76. The zero-order chi connectivity index (χ0) is 19.7. The number of fused-ring (bicyclic) bond motifs is 7. The molecule has 0 radical (unpaired) electrons. The number of hydrogen-bond donors (Lipinski definition) is 4. The Hall–Kier alpha value is -0.990. The fourth-order valence-corrected chi connectivity index (χ4v) is 7.77. The zero-order valence-corrected chi connectivity index (χ0v) is 15.9. The standard InChI is InChI=1S/C20H28O7/c1-8(2)20-11(7-12(21)26-20)18(4)10-6-5-9-13(22)19(10,14(23)15(20)27-18)16(24)17(9,3)25/h9-11,13-16,22-25H,1,5-7H2,2-4H3/t9-,10+,11+,13-,14-,15+,16+,17+,18-,19+,20+/m1/s1. The molecule has 1 spiro atoms. The molecule has 2 aliphatic carbocycles. The summed E-state index contributed by atoms with van der Waals surface area (Å²) in [6.45, 7) is 9.21. The lowest BCUT2D eigenvalue weighted by Gasteiger charge is -2.58. The van der Waals surface area contributed by atoms with Crippen LogP contribution in [0.1, 0.15) is 40.0 Å². The van der Waals surface area contributed by atoms with Crippen molar-refractivity contribution in [2.45, 2.75) is 81.3 Å². The van der Waals surface area contributed by atoms with Crippen molar-refractivity contribution in [3.05, 3.63) is 12.2 Å². The number of carbonyl (C=O) groups is 1.